The Labute approximate surface area is 191 Å². The molecule has 0 aliphatic carbocycles. The van der Waals surface area contributed by atoms with Crippen LogP contribution in [0.1, 0.15) is 47.8 Å². The highest BCUT2D eigenvalue weighted by Crippen LogP contribution is 2.29. The first kappa shape index (κ1) is 23.7. The first-order chi connectivity index (χ1) is 15.2. The lowest BCUT2D eigenvalue weighted by molar-refractivity contribution is -0.140. The Bertz CT molecular complexity index is 1120. The van der Waals surface area contributed by atoms with E-state index >= 15 is 0 Å². The molecule has 0 saturated heterocycles. The molecule has 1 atom stereocenters. The molecular formula is C25H30N2O4S. The summed E-state index contributed by atoms with van der Waals surface area (Å²) in [6.07, 6.45) is 3.37. The van der Waals surface area contributed by atoms with Crippen LogP contribution in [0.15, 0.2) is 46.0 Å². The number of aromatic amines is 1. The molecule has 1 aromatic heterocycles. The van der Waals surface area contributed by atoms with E-state index < -0.39 is 10.8 Å². The second kappa shape index (κ2) is 10.1. The average Bonchev–Trinajstić information content (AvgIpc) is 3.19. The molecule has 0 bridgehead atoms. The fraction of sp³-hybridized carbons (Fsp3) is 0.360. The van der Waals surface area contributed by atoms with Crippen molar-refractivity contribution >= 4 is 28.8 Å². The van der Waals surface area contributed by atoms with Gasteiger partial charge in [-0.2, -0.15) is 0 Å². The van der Waals surface area contributed by atoms with Gasteiger partial charge in [-0.3, -0.25) is 13.8 Å². The number of H-pyrrole nitrogens is 1. The van der Waals surface area contributed by atoms with E-state index in [9.17, 15) is 13.8 Å². The molecule has 170 valence electrons. The van der Waals surface area contributed by atoms with E-state index in [1.165, 1.54) is 7.11 Å². The summed E-state index contributed by atoms with van der Waals surface area (Å²) in [4.78, 5) is 28.0. The molecule has 1 aromatic carbocycles. The van der Waals surface area contributed by atoms with E-state index in [-0.39, 0.29) is 11.9 Å². The van der Waals surface area contributed by atoms with Crippen LogP contribution >= 0.6 is 0 Å². The number of nitrogens with one attached hydrogen (secondary N) is 2. The molecule has 2 heterocycles. The highest BCUT2D eigenvalue weighted by molar-refractivity contribution is 7.85. The van der Waals surface area contributed by atoms with Gasteiger partial charge in [-0.05, 0) is 75.4 Å². The zero-order chi connectivity index (χ0) is 23.4. The highest BCUT2D eigenvalue weighted by Gasteiger charge is 2.25. The summed E-state index contributed by atoms with van der Waals surface area (Å²) in [6.45, 7) is 7.78. The van der Waals surface area contributed by atoms with Crippen molar-refractivity contribution in [1.82, 2.24) is 10.3 Å². The standard InChI is InChI=1S/C25H30N2O4S/c1-15-6-8-19(9-7-15)32(30)13-12-21-17(3)25(29)27-23(21)14-22-16(2)20(18(4)26-22)10-11-24(28)31-5/h6-9,14,26H,10-13H2,1-5H3,(H,27,29)/b23-14-. The highest BCUT2D eigenvalue weighted by atomic mass is 32.2. The lowest BCUT2D eigenvalue weighted by Crippen LogP contribution is -2.15. The molecule has 1 amide bonds. The van der Waals surface area contributed by atoms with Crippen LogP contribution in [-0.2, 0) is 31.5 Å². The monoisotopic (exact) mass is 454 g/mol. The van der Waals surface area contributed by atoms with Gasteiger partial charge < -0.3 is 15.0 Å². The van der Waals surface area contributed by atoms with Gasteiger partial charge in [0.2, 0.25) is 0 Å². The van der Waals surface area contributed by atoms with Crippen molar-refractivity contribution in [2.75, 3.05) is 12.9 Å². The van der Waals surface area contributed by atoms with Crippen LogP contribution in [0.5, 0.6) is 0 Å². The van der Waals surface area contributed by atoms with Gasteiger partial charge in [0.15, 0.2) is 0 Å². The molecule has 1 unspecified atom stereocenters. The summed E-state index contributed by atoms with van der Waals surface area (Å²) in [7, 11) is 0.249. The Morgan fingerprint density at radius 2 is 1.78 bits per heavy atom. The van der Waals surface area contributed by atoms with Crippen molar-refractivity contribution in [3.05, 3.63) is 69.2 Å². The largest absolute Gasteiger partial charge is 0.469 e. The van der Waals surface area contributed by atoms with Gasteiger partial charge in [0.1, 0.15) is 0 Å². The van der Waals surface area contributed by atoms with Crippen molar-refractivity contribution in [1.29, 1.82) is 0 Å². The van der Waals surface area contributed by atoms with Crippen molar-refractivity contribution < 1.29 is 18.5 Å². The Hall–Kier alpha value is -2.93. The first-order valence-electron chi connectivity index (χ1n) is 10.6. The number of aryl methyl sites for hydroxylation is 2. The first-order valence-corrected chi connectivity index (χ1v) is 12.0. The van der Waals surface area contributed by atoms with Crippen LogP contribution in [0.3, 0.4) is 0 Å². The van der Waals surface area contributed by atoms with Crippen LogP contribution in [0, 0.1) is 20.8 Å². The summed E-state index contributed by atoms with van der Waals surface area (Å²) in [6, 6.07) is 7.69. The SMILES string of the molecule is COC(=O)CCc1c(C)[nH]c(/C=C2\NC(=O)C(C)=C2CCS(=O)c2ccc(C)cc2)c1C. The maximum absolute atomic E-state index is 12.7. The molecule has 0 saturated carbocycles. The number of aromatic nitrogens is 1. The fourth-order valence-electron chi connectivity index (χ4n) is 3.89. The molecule has 2 aromatic rings. The van der Waals surface area contributed by atoms with E-state index in [1.807, 2.05) is 51.1 Å². The number of methoxy groups -OCH3 is 1. The molecule has 0 fully saturated rings. The number of carbonyl (C=O) groups excluding carboxylic acids is 2. The van der Waals surface area contributed by atoms with Gasteiger partial charge in [-0.15, -0.1) is 0 Å². The minimum Gasteiger partial charge on any atom is -0.469 e. The Morgan fingerprint density at radius 3 is 2.44 bits per heavy atom. The number of allylic oxidation sites excluding steroid dienone is 1. The smallest absolute Gasteiger partial charge is 0.305 e. The molecule has 3 rings (SSSR count). The number of amides is 1. The van der Waals surface area contributed by atoms with Crippen molar-refractivity contribution in [3.63, 3.8) is 0 Å². The second-order valence-electron chi connectivity index (χ2n) is 8.07. The van der Waals surface area contributed by atoms with Crippen molar-refractivity contribution in [3.8, 4) is 0 Å². The van der Waals surface area contributed by atoms with E-state index in [2.05, 4.69) is 10.3 Å². The second-order valence-corrected chi connectivity index (χ2v) is 9.64. The third-order valence-corrected chi connectivity index (χ3v) is 7.29. The molecular weight excluding hydrogens is 424 g/mol. The molecule has 1 aliphatic heterocycles. The lowest BCUT2D eigenvalue weighted by atomic mass is 10.0. The van der Waals surface area contributed by atoms with Gasteiger partial charge in [0, 0.05) is 39.7 Å². The summed E-state index contributed by atoms with van der Waals surface area (Å²) in [5, 5.41) is 2.94. The van der Waals surface area contributed by atoms with Crippen LogP contribution in [0.2, 0.25) is 0 Å². The molecule has 7 heteroatoms. The Kier molecular flexibility index (Phi) is 7.51. The molecule has 2 N–H and O–H groups in total. The van der Waals surface area contributed by atoms with E-state index in [0.717, 1.165) is 44.2 Å². The topological polar surface area (TPSA) is 88.3 Å². The third kappa shape index (κ3) is 5.27. The number of esters is 1. The molecule has 32 heavy (non-hydrogen) atoms. The van der Waals surface area contributed by atoms with E-state index in [4.69, 9.17) is 4.74 Å². The quantitative estimate of drug-likeness (QED) is 0.590. The summed E-state index contributed by atoms with van der Waals surface area (Å²) < 4.78 is 17.5. The number of benzene rings is 1. The number of ether oxygens (including phenoxy) is 1. The van der Waals surface area contributed by atoms with E-state index in [1.54, 1.807) is 6.92 Å². The molecule has 6 nitrogen and oxygen atoms in total. The van der Waals surface area contributed by atoms with Gasteiger partial charge in [0.25, 0.3) is 5.91 Å². The summed E-state index contributed by atoms with van der Waals surface area (Å²) in [5.74, 6) is 0.0735. The molecule has 0 spiro atoms. The van der Waals surface area contributed by atoms with Crippen molar-refractivity contribution in [2.45, 2.75) is 51.9 Å². The fourth-order valence-corrected chi connectivity index (χ4v) is 4.95. The average molecular weight is 455 g/mol. The van der Waals surface area contributed by atoms with Gasteiger partial charge in [0.05, 0.1) is 17.9 Å². The van der Waals surface area contributed by atoms with E-state index in [0.29, 0.717) is 30.6 Å². The Morgan fingerprint density at radius 1 is 1.09 bits per heavy atom. The maximum Gasteiger partial charge on any atom is 0.305 e. The predicted octanol–water partition coefficient (Wildman–Crippen LogP) is 4.03. The maximum atomic E-state index is 12.7. The zero-order valence-electron chi connectivity index (χ0n) is 19.3. The van der Waals surface area contributed by atoms with Crippen molar-refractivity contribution in [2.24, 2.45) is 0 Å². The van der Waals surface area contributed by atoms with Gasteiger partial charge >= 0.3 is 5.97 Å². The van der Waals surface area contributed by atoms with Gasteiger partial charge in [-0.25, -0.2) is 0 Å². The lowest BCUT2D eigenvalue weighted by Gasteiger charge is -2.08. The minimum absolute atomic E-state index is 0.126. The van der Waals surface area contributed by atoms with Crippen LogP contribution in [0.4, 0.5) is 0 Å². The van der Waals surface area contributed by atoms with Crippen LogP contribution < -0.4 is 5.32 Å². The minimum atomic E-state index is -1.14. The summed E-state index contributed by atoms with van der Waals surface area (Å²) >= 11 is 0. The summed E-state index contributed by atoms with van der Waals surface area (Å²) in [5.41, 5.74) is 7.41. The number of carbonyl (C=O) groups is 2. The third-order valence-electron chi connectivity index (χ3n) is 5.91. The Balaban J connectivity index is 1.79. The number of hydrogen-bond donors (Lipinski definition) is 2. The van der Waals surface area contributed by atoms with Gasteiger partial charge in [-0.1, -0.05) is 17.7 Å². The normalized spacial score (nSPS) is 15.9. The predicted molar refractivity (Wildman–Crippen MR) is 126 cm³/mol. The van der Waals surface area contributed by atoms with Crippen LogP contribution in [0.25, 0.3) is 6.08 Å². The molecule has 1 aliphatic rings. The zero-order valence-corrected chi connectivity index (χ0v) is 20.1. The van der Waals surface area contributed by atoms with Crippen LogP contribution in [-0.4, -0.2) is 33.9 Å². The molecule has 0 radical (unpaired) electrons. The number of hydrogen-bond acceptors (Lipinski definition) is 4. The number of rotatable bonds is 8.